The lowest BCUT2D eigenvalue weighted by atomic mass is 9.76. The van der Waals surface area contributed by atoms with Crippen molar-refractivity contribution in [2.45, 2.75) is 116 Å². The lowest BCUT2D eigenvalue weighted by Gasteiger charge is -2.30. The lowest BCUT2D eigenvalue weighted by molar-refractivity contribution is 0.240. The summed E-state index contributed by atoms with van der Waals surface area (Å²) >= 11 is 0. The van der Waals surface area contributed by atoms with Crippen molar-refractivity contribution in [2.24, 2.45) is 17.8 Å². The summed E-state index contributed by atoms with van der Waals surface area (Å²) in [6.45, 7) is 2.32. The summed E-state index contributed by atoms with van der Waals surface area (Å²) in [6, 6.07) is 10.6. The van der Waals surface area contributed by atoms with E-state index in [1.165, 1.54) is 108 Å². The quantitative estimate of drug-likeness (QED) is 0.364. The van der Waals surface area contributed by atoms with Gasteiger partial charge in [0.2, 0.25) is 0 Å². The molecule has 1 aromatic carbocycles. The number of unbranched alkanes of at least 4 members (excludes halogenated alkanes) is 3. The largest absolute Gasteiger partial charge is 0.192 e. The van der Waals surface area contributed by atoms with Crippen LogP contribution in [0.15, 0.2) is 24.3 Å². The van der Waals surface area contributed by atoms with Crippen molar-refractivity contribution in [1.82, 2.24) is 0 Å². The van der Waals surface area contributed by atoms with E-state index < -0.39 is 0 Å². The predicted octanol–water partition coefficient (Wildman–Crippen LogP) is 8.78. The molecule has 2 fully saturated rings. The summed E-state index contributed by atoms with van der Waals surface area (Å²) in [7, 11) is 0. The molecule has 0 amide bonds. The van der Waals surface area contributed by atoms with Crippen LogP contribution >= 0.6 is 0 Å². The molecule has 3 rings (SSSR count). The molecule has 0 saturated heterocycles. The van der Waals surface area contributed by atoms with E-state index in [2.05, 4.69) is 25.1 Å². The second-order valence-corrected chi connectivity index (χ2v) is 10.1. The molecule has 0 unspecified atom stereocenters. The highest BCUT2D eigenvalue weighted by atomic mass is 14.3. The van der Waals surface area contributed by atoms with Crippen LogP contribution in [0, 0.1) is 29.1 Å². The van der Waals surface area contributed by atoms with Crippen LogP contribution in [0.4, 0.5) is 0 Å². The van der Waals surface area contributed by atoms with Crippen LogP contribution in [0.5, 0.6) is 0 Å². The number of rotatable bonds is 10. The topological polar surface area (TPSA) is 23.8 Å². The molecule has 2 saturated carbocycles. The van der Waals surface area contributed by atoms with Crippen molar-refractivity contribution in [3.8, 4) is 6.07 Å². The third-order valence-electron chi connectivity index (χ3n) is 8.01. The zero-order chi connectivity index (χ0) is 20.3. The standard InChI is InChI=1S/C28H43N/c1-2-3-4-7-23-10-12-24(13-11-23)8-5-6-9-25-14-18-27(19-15-25)28-20-16-26(22-29)17-21-28/h16-17,20-21,23-25,27H,2-15,18-19H2,1H3/t23-,24-,25?,27?. The average Bonchev–Trinajstić information content (AvgIpc) is 2.78. The van der Waals surface area contributed by atoms with Gasteiger partial charge in [0.25, 0.3) is 0 Å². The first-order valence-electron chi connectivity index (χ1n) is 12.8. The van der Waals surface area contributed by atoms with Gasteiger partial charge in [0.15, 0.2) is 0 Å². The van der Waals surface area contributed by atoms with Crippen LogP contribution in [0.2, 0.25) is 0 Å². The summed E-state index contributed by atoms with van der Waals surface area (Å²) in [4.78, 5) is 0. The number of hydrogen-bond acceptors (Lipinski definition) is 1. The second kappa shape index (κ2) is 12.4. The SMILES string of the molecule is CCCCC[C@H]1CC[C@H](CCCCC2CCC(c3ccc(C#N)cc3)CC2)CC1. The van der Waals surface area contributed by atoms with Gasteiger partial charge in [-0.1, -0.05) is 96.1 Å². The Morgan fingerprint density at radius 2 is 1.14 bits per heavy atom. The lowest BCUT2D eigenvalue weighted by Crippen LogP contribution is -2.15. The fourth-order valence-electron chi connectivity index (χ4n) is 5.97. The van der Waals surface area contributed by atoms with Crippen molar-refractivity contribution < 1.29 is 0 Å². The minimum Gasteiger partial charge on any atom is -0.192 e. The van der Waals surface area contributed by atoms with E-state index in [4.69, 9.17) is 5.26 Å². The molecule has 1 nitrogen and oxygen atoms in total. The number of hydrogen-bond donors (Lipinski definition) is 0. The van der Waals surface area contributed by atoms with Gasteiger partial charge in [0.05, 0.1) is 11.6 Å². The summed E-state index contributed by atoms with van der Waals surface area (Å²) in [5, 5.41) is 8.96. The first kappa shape index (κ1) is 22.4. The van der Waals surface area contributed by atoms with Crippen molar-refractivity contribution >= 4 is 0 Å². The Labute approximate surface area is 180 Å². The first-order valence-corrected chi connectivity index (χ1v) is 12.8. The molecule has 160 valence electrons. The van der Waals surface area contributed by atoms with Crippen molar-refractivity contribution in [1.29, 1.82) is 5.26 Å². The van der Waals surface area contributed by atoms with E-state index in [1.54, 1.807) is 0 Å². The number of nitrogens with zero attached hydrogens (tertiary/aromatic N) is 1. The van der Waals surface area contributed by atoms with Crippen LogP contribution in [0.1, 0.15) is 127 Å². The molecule has 2 aliphatic carbocycles. The highest BCUT2D eigenvalue weighted by molar-refractivity contribution is 5.33. The zero-order valence-electron chi connectivity index (χ0n) is 18.9. The molecule has 0 aromatic heterocycles. The van der Waals surface area contributed by atoms with Gasteiger partial charge in [-0.2, -0.15) is 5.26 Å². The Hall–Kier alpha value is -1.29. The molecule has 0 N–H and O–H groups in total. The first-order chi connectivity index (χ1) is 14.3. The Bertz CT molecular complexity index is 594. The molecule has 2 aliphatic rings. The monoisotopic (exact) mass is 393 g/mol. The maximum absolute atomic E-state index is 8.96. The summed E-state index contributed by atoms with van der Waals surface area (Å²) < 4.78 is 0. The van der Waals surface area contributed by atoms with E-state index >= 15 is 0 Å². The fourth-order valence-corrected chi connectivity index (χ4v) is 5.97. The van der Waals surface area contributed by atoms with Crippen LogP contribution < -0.4 is 0 Å². The van der Waals surface area contributed by atoms with Gasteiger partial charge in [0.1, 0.15) is 0 Å². The summed E-state index contributed by atoms with van der Waals surface area (Å²) in [5.41, 5.74) is 2.24. The van der Waals surface area contributed by atoms with E-state index in [1.807, 2.05) is 12.1 Å². The predicted molar refractivity (Wildman–Crippen MR) is 124 cm³/mol. The van der Waals surface area contributed by atoms with Gasteiger partial charge < -0.3 is 0 Å². The fraction of sp³-hybridized carbons (Fsp3) is 0.750. The molecule has 0 atom stereocenters. The van der Waals surface area contributed by atoms with E-state index in [0.717, 1.165) is 29.2 Å². The molecule has 0 heterocycles. The molecule has 0 spiro atoms. The van der Waals surface area contributed by atoms with Crippen molar-refractivity contribution in [2.75, 3.05) is 0 Å². The van der Waals surface area contributed by atoms with Crippen molar-refractivity contribution in [3.05, 3.63) is 35.4 Å². The molecular weight excluding hydrogens is 350 g/mol. The van der Waals surface area contributed by atoms with E-state index in [-0.39, 0.29) is 0 Å². The molecule has 0 radical (unpaired) electrons. The minimum atomic E-state index is 0.728. The molecular formula is C28H43N. The number of benzene rings is 1. The highest BCUT2D eigenvalue weighted by Gasteiger charge is 2.23. The van der Waals surface area contributed by atoms with E-state index in [9.17, 15) is 0 Å². The Balaban J connectivity index is 1.24. The smallest absolute Gasteiger partial charge is 0.0991 e. The molecule has 1 aromatic rings. The Morgan fingerprint density at radius 1 is 0.690 bits per heavy atom. The Kier molecular flexibility index (Phi) is 9.59. The van der Waals surface area contributed by atoms with Crippen molar-refractivity contribution in [3.63, 3.8) is 0 Å². The average molecular weight is 394 g/mol. The molecule has 0 aliphatic heterocycles. The van der Waals surface area contributed by atoms with Crippen LogP contribution in [0.3, 0.4) is 0 Å². The van der Waals surface area contributed by atoms with Gasteiger partial charge >= 0.3 is 0 Å². The third kappa shape index (κ3) is 7.47. The van der Waals surface area contributed by atoms with Gasteiger partial charge in [-0.3, -0.25) is 0 Å². The van der Waals surface area contributed by atoms with Gasteiger partial charge in [0, 0.05) is 0 Å². The van der Waals surface area contributed by atoms with Crippen LogP contribution in [0.25, 0.3) is 0 Å². The van der Waals surface area contributed by atoms with Crippen LogP contribution in [-0.2, 0) is 0 Å². The molecule has 1 heteroatoms. The zero-order valence-corrected chi connectivity index (χ0v) is 18.9. The minimum absolute atomic E-state index is 0.728. The summed E-state index contributed by atoms with van der Waals surface area (Å²) in [5.74, 6) is 3.80. The third-order valence-corrected chi connectivity index (χ3v) is 8.01. The maximum atomic E-state index is 8.96. The van der Waals surface area contributed by atoms with Crippen LogP contribution in [-0.4, -0.2) is 0 Å². The summed E-state index contributed by atoms with van der Waals surface area (Å²) in [6.07, 6.45) is 23.3. The highest BCUT2D eigenvalue weighted by Crippen LogP contribution is 2.38. The van der Waals surface area contributed by atoms with Gasteiger partial charge in [-0.15, -0.1) is 0 Å². The van der Waals surface area contributed by atoms with E-state index in [0.29, 0.717) is 0 Å². The molecule has 0 bridgehead atoms. The van der Waals surface area contributed by atoms with Gasteiger partial charge in [-0.25, -0.2) is 0 Å². The normalized spacial score (nSPS) is 27.4. The number of nitriles is 1. The molecule has 29 heavy (non-hydrogen) atoms. The second-order valence-electron chi connectivity index (χ2n) is 10.1. The Morgan fingerprint density at radius 3 is 1.59 bits per heavy atom. The van der Waals surface area contributed by atoms with Gasteiger partial charge in [-0.05, 0) is 67.1 Å². The maximum Gasteiger partial charge on any atom is 0.0991 e.